The predicted molar refractivity (Wildman–Crippen MR) is 77.1 cm³/mol. The SMILES string of the molecule is Cc1c(C(=O)NC2(CO)CCC2)oc2ccc(Cl)cc12. The molecule has 1 aliphatic rings. The van der Waals surface area contributed by atoms with Gasteiger partial charge in [-0.1, -0.05) is 11.6 Å². The molecule has 1 aromatic carbocycles. The highest BCUT2D eigenvalue weighted by Crippen LogP contribution is 2.33. The summed E-state index contributed by atoms with van der Waals surface area (Å²) in [5, 5.41) is 13.8. The average Bonchev–Trinajstić information content (AvgIpc) is 2.71. The molecule has 0 atom stereocenters. The Hall–Kier alpha value is -1.52. The first kappa shape index (κ1) is 13.5. The van der Waals surface area contributed by atoms with Crippen molar-refractivity contribution >= 4 is 28.5 Å². The predicted octanol–water partition coefficient (Wildman–Crippen LogP) is 3.04. The molecule has 0 aliphatic heterocycles. The molecule has 0 bridgehead atoms. The van der Waals surface area contributed by atoms with Crippen molar-refractivity contribution in [1.82, 2.24) is 5.32 Å². The van der Waals surface area contributed by atoms with Crippen molar-refractivity contribution in [2.24, 2.45) is 0 Å². The van der Waals surface area contributed by atoms with E-state index in [0.717, 1.165) is 30.2 Å². The van der Waals surface area contributed by atoms with Crippen LogP contribution in [0.15, 0.2) is 22.6 Å². The standard InChI is InChI=1S/C15H16ClNO3/c1-9-11-7-10(16)3-4-12(11)20-13(9)14(19)17-15(8-18)5-2-6-15/h3-4,7,18H,2,5-6,8H2,1H3,(H,17,19). The molecule has 2 N–H and O–H groups in total. The monoisotopic (exact) mass is 293 g/mol. The number of carbonyl (C=O) groups excluding carboxylic acids is 1. The van der Waals surface area contributed by atoms with Crippen molar-refractivity contribution in [3.63, 3.8) is 0 Å². The van der Waals surface area contributed by atoms with Crippen LogP contribution in [-0.4, -0.2) is 23.2 Å². The first-order valence-corrected chi connectivity index (χ1v) is 7.04. The Morgan fingerprint density at radius 1 is 1.50 bits per heavy atom. The summed E-state index contributed by atoms with van der Waals surface area (Å²) in [6, 6.07) is 5.28. The molecule has 0 radical (unpaired) electrons. The van der Waals surface area contributed by atoms with Crippen LogP contribution in [0, 0.1) is 6.92 Å². The second kappa shape index (κ2) is 4.79. The van der Waals surface area contributed by atoms with Gasteiger partial charge in [-0.2, -0.15) is 0 Å². The Kier molecular flexibility index (Phi) is 3.22. The first-order chi connectivity index (χ1) is 9.54. The summed E-state index contributed by atoms with van der Waals surface area (Å²) in [5.41, 5.74) is 0.941. The lowest BCUT2D eigenvalue weighted by Crippen LogP contribution is -2.56. The Bertz CT molecular complexity index is 668. The highest BCUT2D eigenvalue weighted by atomic mass is 35.5. The summed E-state index contributed by atoms with van der Waals surface area (Å²) in [5.74, 6) is 0.0190. The third-order valence-corrected chi connectivity index (χ3v) is 4.33. The first-order valence-electron chi connectivity index (χ1n) is 6.67. The van der Waals surface area contributed by atoms with Crippen molar-refractivity contribution in [3.8, 4) is 0 Å². The zero-order valence-corrected chi connectivity index (χ0v) is 12.0. The van der Waals surface area contributed by atoms with Gasteiger partial charge in [0.15, 0.2) is 5.76 Å². The largest absolute Gasteiger partial charge is 0.451 e. The van der Waals surface area contributed by atoms with Crippen molar-refractivity contribution in [2.45, 2.75) is 31.7 Å². The number of amides is 1. The number of furan rings is 1. The molecule has 0 spiro atoms. The number of halogens is 1. The van der Waals surface area contributed by atoms with Gasteiger partial charge in [-0.25, -0.2) is 0 Å². The molecule has 1 aliphatic carbocycles. The molecule has 2 aromatic rings. The van der Waals surface area contributed by atoms with Crippen molar-refractivity contribution in [2.75, 3.05) is 6.61 Å². The summed E-state index contributed by atoms with van der Waals surface area (Å²) in [6.45, 7) is 1.80. The maximum absolute atomic E-state index is 12.3. The van der Waals surface area contributed by atoms with Gasteiger partial charge in [0.05, 0.1) is 12.1 Å². The molecule has 4 nitrogen and oxygen atoms in total. The highest BCUT2D eigenvalue weighted by molar-refractivity contribution is 6.31. The van der Waals surface area contributed by atoms with E-state index in [2.05, 4.69) is 5.32 Å². The van der Waals surface area contributed by atoms with E-state index in [1.165, 1.54) is 0 Å². The van der Waals surface area contributed by atoms with Crippen LogP contribution in [0.1, 0.15) is 35.4 Å². The van der Waals surface area contributed by atoms with Gasteiger partial charge >= 0.3 is 0 Å². The molecule has 3 rings (SSSR count). The van der Waals surface area contributed by atoms with Gasteiger partial charge in [-0.05, 0) is 44.4 Å². The van der Waals surface area contributed by atoms with Crippen LogP contribution in [0.4, 0.5) is 0 Å². The minimum Gasteiger partial charge on any atom is -0.451 e. The van der Waals surface area contributed by atoms with Crippen molar-refractivity contribution < 1.29 is 14.3 Å². The molecule has 5 heteroatoms. The maximum Gasteiger partial charge on any atom is 0.287 e. The van der Waals surface area contributed by atoms with E-state index in [0.29, 0.717) is 16.4 Å². The maximum atomic E-state index is 12.3. The van der Waals surface area contributed by atoms with Crippen molar-refractivity contribution in [3.05, 3.63) is 34.5 Å². The van der Waals surface area contributed by atoms with Crippen LogP contribution < -0.4 is 5.32 Å². The normalized spacial score (nSPS) is 16.9. The van der Waals surface area contributed by atoms with Gasteiger partial charge in [0.25, 0.3) is 5.91 Å². The molecular formula is C15H16ClNO3. The molecule has 1 fully saturated rings. The fourth-order valence-corrected chi connectivity index (χ4v) is 2.81. The number of aliphatic hydroxyl groups is 1. The highest BCUT2D eigenvalue weighted by Gasteiger charge is 2.38. The molecule has 1 aromatic heterocycles. The Morgan fingerprint density at radius 2 is 2.25 bits per heavy atom. The summed E-state index contributed by atoms with van der Waals surface area (Å²) >= 11 is 5.96. The molecule has 0 saturated heterocycles. The molecule has 0 unspecified atom stereocenters. The van der Waals surface area contributed by atoms with Gasteiger partial charge < -0.3 is 14.8 Å². The number of fused-ring (bicyclic) bond motifs is 1. The second-order valence-electron chi connectivity index (χ2n) is 5.44. The van der Waals surface area contributed by atoms with E-state index < -0.39 is 5.54 Å². The Labute approximate surface area is 121 Å². The lowest BCUT2D eigenvalue weighted by atomic mass is 9.77. The fraction of sp³-hybridized carbons (Fsp3) is 0.400. The number of benzene rings is 1. The number of rotatable bonds is 3. The lowest BCUT2D eigenvalue weighted by molar-refractivity contribution is 0.0620. The number of aryl methyl sites for hydroxylation is 1. The second-order valence-corrected chi connectivity index (χ2v) is 5.88. The third-order valence-electron chi connectivity index (χ3n) is 4.10. The summed E-state index contributed by atoms with van der Waals surface area (Å²) < 4.78 is 5.62. The van der Waals surface area contributed by atoms with E-state index in [1.807, 2.05) is 6.92 Å². The molecular weight excluding hydrogens is 278 g/mol. The molecule has 106 valence electrons. The molecule has 1 heterocycles. The average molecular weight is 294 g/mol. The number of hydrogen-bond donors (Lipinski definition) is 2. The number of aliphatic hydroxyl groups excluding tert-OH is 1. The van der Waals surface area contributed by atoms with Gasteiger partial charge in [0, 0.05) is 16.0 Å². The minimum atomic E-state index is -0.472. The zero-order valence-electron chi connectivity index (χ0n) is 11.2. The van der Waals surface area contributed by atoms with Crippen LogP contribution in [0.5, 0.6) is 0 Å². The topological polar surface area (TPSA) is 62.5 Å². The Balaban J connectivity index is 1.93. The van der Waals surface area contributed by atoms with Crippen molar-refractivity contribution in [1.29, 1.82) is 0 Å². The van der Waals surface area contributed by atoms with Gasteiger partial charge in [-0.15, -0.1) is 0 Å². The smallest absolute Gasteiger partial charge is 0.287 e. The van der Waals surface area contributed by atoms with Crippen LogP contribution in [0.3, 0.4) is 0 Å². The fourth-order valence-electron chi connectivity index (χ4n) is 2.63. The Morgan fingerprint density at radius 3 is 2.85 bits per heavy atom. The van der Waals surface area contributed by atoms with Gasteiger partial charge in [0.2, 0.25) is 0 Å². The number of hydrogen-bond acceptors (Lipinski definition) is 3. The van der Waals surface area contributed by atoms with E-state index in [-0.39, 0.29) is 12.5 Å². The van der Waals surface area contributed by atoms with Crippen LogP contribution in [-0.2, 0) is 0 Å². The summed E-state index contributed by atoms with van der Waals surface area (Å²) in [6.07, 6.45) is 2.64. The number of nitrogens with one attached hydrogen (secondary N) is 1. The van der Waals surface area contributed by atoms with Gasteiger partial charge in [-0.3, -0.25) is 4.79 Å². The lowest BCUT2D eigenvalue weighted by Gasteiger charge is -2.40. The summed E-state index contributed by atoms with van der Waals surface area (Å²) in [4.78, 5) is 12.3. The van der Waals surface area contributed by atoms with Crippen LogP contribution >= 0.6 is 11.6 Å². The minimum absolute atomic E-state index is 0.0379. The van der Waals surface area contributed by atoms with Gasteiger partial charge in [0.1, 0.15) is 5.58 Å². The molecule has 1 amide bonds. The van der Waals surface area contributed by atoms with E-state index >= 15 is 0 Å². The quantitative estimate of drug-likeness (QED) is 0.914. The molecule has 20 heavy (non-hydrogen) atoms. The van der Waals surface area contributed by atoms with E-state index in [4.69, 9.17) is 16.0 Å². The van der Waals surface area contributed by atoms with E-state index in [9.17, 15) is 9.90 Å². The zero-order chi connectivity index (χ0) is 14.3. The van der Waals surface area contributed by atoms with Crippen LogP contribution in [0.25, 0.3) is 11.0 Å². The number of carbonyl (C=O) groups is 1. The summed E-state index contributed by atoms with van der Waals surface area (Å²) in [7, 11) is 0. The molecule has 1 saturated carbocycles. The van der Waals surface area contributed by atoms with Crippen LogP contribution in [0.2, 0.25) is 5.02 Å². The third kappa shape index (κ3) is 2.09. The van der Waals surface area contributed by atoms with E-state index in [1.54, 1.807) is 18.2 Å².